The average Bonchev–Trinajstić information content (AvgIpc) is 3.23. The van der Waals surface area contributed by atoms with Crippen molar-refractivity contribution in [1.82, 2.24) is 20.5 Å². The zero-order chi connectivity index (χ0) is 18.5. The summed E-state index contributed by atoms with van der Waals surface area (Å²) in [5, 5.41) is 14.5. The maximum Gasteiger partial charge on any atom is 0.277 e. The van der Waals surface area contributed by atoms with Crippen molar-refractivity contribution >= 4 is 40.6 Å². The van der Waals surface area contributed by atoms with E-state index in [0.717, 1.165) is 16.3 Å². The molecule has 0 fully saturated rings. The number of carbonyl (C=O) groups excluding carboxylic acids is 1. The summed E-state index contributed by atoms with van der Waals surface area (Å²) in [6.45, 7) is 4.12. The lowest BCUT2D eigenvalue weighted by Gasteiger charge is -2.10. The number of rotatable bonds is 7. The minimum atomic E-state index is -0.368. The number of amides is 1. The van der Waals surface area contributed by atoms with Crippen molar-refractivity contribution in [1.29, 1.82) is 0 Å². The predicted octanol–water partition coefficient (Wildman–Crippen LogP) is 3.88. The van der Waals surface area contributed by atoms with E-state index in [-0.39, 0.29) is 11.2 Å². The first-order chi connectivity index (χ1) is 12.5. The van der Waals surface area contributed by atoms with Crippen LogP contribution >= 0.6 is 34.7 Å². The van der Waals surface area contributed by atoms with Crippen LogP contribution in [0.4, 0.5) is 0 Å². The lowest BCUT2D eigenvalue weighted by Crippen LogP contribution is -2.30. The van der Waals surface area contributed by atoms with Crippen molar-refractivity contribution in [2.45, 2.75) is 37.3 Å². The molecule has 1 amide bonds. The van der Waals surface area contributed by atoms with Gasteiger partial charge in [0.25, 0.3) is 5.22 Å². The third-order valence-electron chi connectivity index (χ3n) is 3.50. The maximum absolute atomic E-state index is 12.3. The molecule has 0 bridgehead atoms. The van der Waals surface area contributed by atoms with Gasteiger partial charge in [0, 0.05) is 16.9 Å². The van der Waals surface area contributed by atoms with Crippen LogP contribution in [0.2, 0.25) is 5.02 Å². The lowest BCUT2D eigenvalue weighted by molar-refractivity contribution is -0.120. The molecule has 0 aliphatic carbocycles. The van der Waals surface area contributed by atoms with Gasteiger partial charge in [-0.3, -0.25) is 4.79 Å². The Kier molecular flexibility index (Phi) is 6.29. The van der Waals surface area contributed by atoms with Crippen molar-refractivity contribution in [3.8, 4) is 0 Å². The second-order valence-electron chi connectivity index (χ2n) is 5.57. The van der Waals surface area contributed by atoms with E-state index >= 15 is 0 Å². The van der Waals surface area contributed by atoms with Crippen LogP contribution in [-0.2, 0) is 17.8 Å². The van der Waals surface area contributed by atoms with Crippen LogP contribution in [0, 0.1) is 6.92 Å². The van der Waals surface area contributed by atoms with E-state index in [1.165, 1.54) is 11.8 Å². The minimum Gasteiger partial charge on any atom is -0.416 e. The highest BCUT2D eigenvalue weighted by Gasteiger charge is 2.18. The van der Waals surface area contributed by atoms with E-state index in [1.807, 2.05) is 30.5 Å². The van der Waals surface area contributed by atoms with E-state index in [0.29, 0.717) is 29.1 Å². The number of benzene rings is 1. The van der Waals surface area contributed by atoms with Crippen molar-refractivity contribution in [2.75, 3.05) is 0 Å². The van der Waals surface area contributed by atoms with Gasteiger partial charge in [0.05, 0.1) is 22.4 Å². The summed E-state index contributed by atoms with van der Waals surface area (Å²) in [6.07, 6.45) is 0.491. The molecule has 3 aromatic rings. The molecule has 26 heavy (non-hydrogen) atoms. The number of nitrogens with one attached hydrogen (secondary N) is 1. The van der Waals surface area contributed by atoms with Gasteiger partial charge < -0.3 is 9.73 Å². The molecule has 0 saturated heterocycles. The molecule has 3 rings (SSSR count). The number of carbonyl (C=O) groups is 1. The minimum absolute atomic E-state index is 0.121. The maximum atomic E-state index is 12.3. The van der Waals surface area contributed by atoms with E-state index in [2.05, 4.69) is 20.5 Å². The van der Waals surface area contributed by atoms with Gasteiger partial charge in [-0.15, -0.1) is 21.5 Å². The van der Waals surface area contributed by atoms with Crippen LogP contribution in [0.5, 0.6) is 0 Å². The van der Waals surface area contributed by atoms with Gasteiger partial charge in [0.15, 0.2) is 0 Å². The highest BCUT2D eigenvalue weighted by Crippen LogP contribution is 2.23. The van der Waals surface area contributed by atoms with Gasteiger partial charge in [-0.25, -0.2) is 4.98 Å². The Bertz CT molecular complexity index is 896. The molecular weight excluding hydrogens is 392 g/mol. The number of aryl methyl sites for hydroxylation is 1. The number of halogens is 1. The van der Waals surface area contributed by atoms with Crippen LogP contribution in [0.3, 0.4) is 0 Å². The molecule has 2 aromatic heterocycles. The predicted molar refractivity (Wildman–Crippen MR) is 103 cm³/mol. The van der Waals surface area contributed by atoms with Crippen LogP contribution in [0.25, 0.3) is 0 Å². The topological polar surface area (TPSA) is 80.9 Å². The Morgan fingerprint density at radius 2 is 2.19 bits per heavy atom. The first-order valence-electron chi connectivity index (χ1n) is 7.92. The first kappa shape index (κ1) is 18.9. The molecule has 2 heterocycles. The number of thioether (sulfide) groups is 1. The van der Waals surface area contributed by atoms with Crippen molar-refractivity contribution in [3.63, 3.8) is 0 Å². The van der Waals surface area contributed by atoms with Crippen molar-refractivity contribution in [2.24, 2.45) is 0 Å². The molecular formula is C17H17ClN4O2S2. The van der Waals surface area contributed by atoms with Crippen LogP contribution in [-0.4, -0.2) is 26.3 Å². The highest BCUT2D eigenvalue weighted by atomic mass is 35.5. The molecule has 6 nitrogen and oxygen atoms in total. The molecule has 0 aliphatic heterocycles. The average molecular weight is 409 g/mol. The molecule has 0 saturated carbocycles. The molecule has 0 unspecified atom stereocenters. The summed E-state index contributed by atoms with van der Waals surface area (Å²) in [6, 6.07) is 7.41. The summed E-state index contributed by atoms with van der Waals surface area (Å²) in [7, 11) is 0. The second-order valence-corrected chi connectivity index (χ2v) is 8.33. The summed E-state index contributed by atoms with van der Waals surface area (Å²) in [5.74, 6) is 0.367. The summed E-state index contributed by atoms with van der Waals surface area (Å²) < 4.78 is 5.60. The third kappa shape index (κ3) is 5.06. The largest absolute Gasteiger partial charge is 0.416 e. The van der Waals surface area contributed by atoms with Crippen LogP contribution < -0.4 is 5.32 Å². The molecule has 1 N–H and O–H groups in total. The normalized spacial score (nSPS) is 12.1. The second kappa shape index (κ2) is 8.66. The molecule has 0 radical (unpaired) electrons. The molecule has 9 heteroatoms. The molecule has 136 valence electrons. The monoisotopic (exact) mass is 408 g/mol. The Hall–Kier alpha value is -1.90. The van der Waals surface area contributed by atoms with Gasteiger partial charge in [0.2, 0.25) is 11.8 Å². The van der Waals surface area contributed by atoms with E-state index in [4.69, 9.17) is 16.0 Å². The van der Waals surface area contributed by atoms with Crippen LogP contribution in [0.1, 0.15) is 29.1 Å². The highest BCUT2D eigenvalue weighted by molar-refractivity contribution is 8.00. The zero-order valence-electron chi connectivity index (χ0n) is 14.2. The quantitative estimate of drug-likeness (QED) is 0.597. The first-order valence-corrected chi connectivity index (χ1v) is 10.1. The molecule has 0 aliphatic rings. The van der Waals surface area contributed by atoms with E-state index in [9.17, 15) is 4.79 Å². The van der Waals surface area contributed by atoms with E-state index in [1.54, 1.807) is 24.3 Å². The molecule has 1 aromatic carbocycles. The summed E-state index contributed by atoms with van der Waals surface area (Å²) in [5.41, 5.74) is 1.77. The van der Waals surface area contributed by atoms with Crippen LogP contribution in [0.15, 0.2) is 39.3 Å². The Balaban J connectivity index is 1.52. The number of aromatic nitrogens is 3. The SMILES string of the molecule is Cc1nc(Cc2nnc(S[C@H](C)C(=O)NCc3ccccc3Cl)o2)cs1. The summed E-state index contributed by atoms with van der Waals surface area (Å²) >= 11 is 8.90. The fourth-order valence-electron chi connectivity index (χ4n) is 2.17. The Morgan fingerprint density at radius 3 is 2.92 bits per heavy atom. The lowest BCUT2D eigenvalue weighted by atomic mass is 10.2. The van der Waals surface area contributed by atoms with Crippen molar-refractivity contribution < 1.29 is 9.21 Å². The Morgan fingerprint density at radius 1 is 1.38 bits per heavy atom. The number of nitrogens with zero attached hydrogens (tertiary/aromatic N) is 3. The van der Waals surface area contributed by atoms with Gasteiger partial charge in [-0.2, -0.15) is 0 Å². The van der Waals surface area contributed by atoms with Gasteiger partial charge in [0.1, 0.15) is 0 Å². The molecule has 0 spiro atoms. The van der Waals surface area contributed by atoms with Gasteiger partial charge in [-0.1, -0.05) is 41.6 Å². The number of hydrogen-bond donors (Lipinski definition) is 1. The van der Waals surface area contributed by atoms with Crippen molar-refractivity contribution in [3.05, 3.63) is 56.8 Å². The van der Waals surface area contributed by atoms with Gasteiger partial charge >= 0.3 is 0 Å². The van der Waals surface area contributed by atoms with Gasteiger partial charge in [-0.05, 0) is 25.5 Å². The molecule has 1 atom stereocenters. The smallest absolute Gasteiger partial charge is 0.277 e. The third-order valence-corrected chi connectivity index (χ3v) is 5.63. The number of thiazole rings is 1. The fraction of sp³-hybridized carbons (Fsp3) is 0.294. The number of hydrogen-bond acceptors (Lipinski definition) is 7. The van der Waals surface area contributed by atoms with E-state index < -0.39 is 0 Å². The Labute approximate surface area is 164 Å². The zero-order valence-corrected chi connectivity index (χ0v) is 16.6. The summed E-state index contributed by atoms with van der Waals surface area (Å²) in [4.78, 5) is 16.6. The standard InChI is InChI=1S/C17H17ClN4O2S2/c1-10(16(23)19-8-12-5-3-4-6-14(12)18)26-17-22-21-15(24-17)7-13-9-25-11(2)20-13/h3-6,9-10H,7-8H2,1-2H3,(H,19,23)/t10-/m1/s1. The fourth-order valence-corrected chi connectivity index (χ4v) is 3.71.